The molecule has 0 fully saturated rings. The zero-order chi connectivity index (χ0) is 21.1. The second kappa shape index (κ2) is 12.4. The number of anilines is 1. The summed E-state index contributed by atoms with van der Waals surface area (Å²) in [6, 6.07) is 7.50. The van der Waals surface area contributed by atoms with Gasteiger partial charge in [-0.15, -0.1) is 0 Å². The third-order valence-electron chi connectivity index (χ3n) is 5.66. The quantitative estimate of drug-likeness (QED) is 0.335. The van der Waals surface area contributed by atoms with Crippen molar-refractivity contribution in [2.75, 3.05) is 18.9 Å². The standard InChI is InChI=1S/C25H38N2O2/c1-4-5-6-7-8-9-10-11-12-13-17-27-25(29)21-18-19(2)23-20(24(21)28)15-14-16-22(23)26-3/h14-16,18,26,28H,4-13,17H2,1-3H3,(H,27,29). The molecule has 0 aliphatic rings. The number of phenolic OH excluding ortho intramolecular Hbond substituents is 1. The van der Waals surface area contributed by atoms with Gasteiger partial charge in [-0.05, 0) is 31.0 Å². The topological polar surface area (TPSA) is 61.4 Å². The van der Waals surface area contributed by atoms with Gasteiger partial charge in [0, 0.05) is 30.1 Å². The molecule has 2 aromatic carbocycles. The Morgan fingerprint density at radius 1 is 0.966 bits per heavy atom. The lowest BCUT2D eigenvalue weighted by molar-refractivity contribution is 0.0950. The van der Waals surface area contributed by atoms with Gasteiger partial charge in [0.2, 0.25) is 0 Å². The van der Waals surface area contributed by atoms with Gasteiger partial charge in [0.1, 0.15) is 5.75 Å². The fraction of sp³-hybridized carbons (Fsp3) is 0.560. The zero-order valence-corrected chi connectivity index (χ0v) is 18.4. The van der Waals surface area contributed by atoms with E-state index in [-0.39, 0.29) is 11.7 Å². The van der Waals surface area contributed by atoms with Crippen LogP contribution in [0.25, 0.3) is 10.8 Å². The summed E-state index contributed by atoms with van der Waals surface area (Å²) in [5.74, 6) is -0.137. The van der Waals surface area contributed by atoms with Crippen molar-refractivity contribution in [3.63, 3.8) is 0 Å². The first-order valence-electron chi connectivity index (χ1n) is 11.3. The summed E-state index contributed by atoms with van der Waals surface area (Å²) in [4.78, 5) is 12.6. The predicted molar refractivity (Wildman–Crippen MR) is 124 cm³/mol. The van der Waals surface area contributed by atoms with E-state index < -0.39 is 0 Å². The van der Waals surface area contributed by atoms with Crippen LogP contribution in [0.15, 0.2) is 24.3 Å². The van der Waals surface area contributed by atoms with E-state index >= 15 is 0 Å². The van der Waals surface area contributed by atoms with Gasteiger partial charge in [0.05, 0.1) is 5.56 Å². The van der Waals surface area contributed by atoms with Gasteiger partial charge < -0.3 is 15.7 Å². The summed E-state index contributed by atoms with van der Waals surface area (Å²) >= 11 is 0. The number of unbranched alkanes of at least 4 members (excludes halogenated alkanes) is 9. The average molecular weight is 399 g/mol. The highest BCUT2D eigenvalue weighted by Crippen LogP contribution is 2.35. The SMILES string of the molecule is CCCCCCCCCCCCNC(=O)c1cc(C)c2c(NC)cccc2c1O. The van der Waals surface area contributed by atoms with Crippen LogP contribution in [0.1, 0.15) is 87.1 Å². The van der Waals surface area contributed by atoms with Crippen molar-refractivity contribution in [1.82, 2.24) is 5.32 Å². The first-order valence-corrected chi connectivity index (χ1v) is 11.3. The Bertz CT molecular complexity index is 786. The van der Waals surface area contributed by atoms with E-state index in [1.54, 1.807) is 6.07 Å². The molecule has 29 heavy (non-hydrogen) atoms. The highest BCUT2D eigenvalue weighted by atomic mass is 16.3. The van der Waals surface area contributed by atoms with Crippen LogP contribution >= 0.6 is 0 Å². The maximum Gasteiger partial charge on any atom is 0.255 e. The number of aryl methyl sites for hydroxylation is 1. The van der Waals surface area contributed by atoms with E-state index in [2.05, 4.69) is 17.6 Å². The summed E-state index contributed by atoms with van der Waals surface area (Å²) < 4.78 is 0. The number of hydrogen-bond acceptors (Lipinski definition) is 3. The van der Waals surface area contributed by atoms with Crippen molar-refractivity contribution in [1.29, 1.82) is 0 Å². The molecule has 1 amide bonds. The Hall–Kier alpha value is -2.23. The first-order chi connectivity index (χ1) is 14.1. The first kappa shape index (κ1) is 23.1. The van der Waals surface area contributed by atoms with Gasteiger partial charge in [0.15, 0.2) is 0 Å². The molecule has 0 radical (unpaired) electrons. The molecule has 0 bridgehead atoms. The second-order valence-corrected chi connectivity index (χ2v) is 8.01. The zero-order valence-electron chi connectivity index (χ0n) is 18.4. The largest absolute Gasteiger partial charge is 0.506 e. The lowest BCUT2D eigenvalue weighted by Gasteiger charge is -2.14. The summed E-state index contributed by atoms with van der Waals surface area (Å²) in [5.41, 5.74) is 2.29. The predicted octanol–water partition coefficient (Wildman–Crippen LogP) is 6.55. The summed E-state index contributed by atoms with van der Waals surface area (Å²) in [6.45, 7) is 4.88. The molecule has 0 aliphatic carbocycles. The minimum Gasteiger partial charge on any atom is -0.506 e. The molecule has 4 heteroatoms. The van der Waals surface area contributed by atoms with Crippen molar-refractivity contribution in [3.05, 3.63) is 35.4 Å². The Kier molecular flexibility index (Phi) is 9.82. The molecule has 0 saturated carbocycles. The lowest BCUT2D eigenvalue weighted by Crippen LogP contribution is -2.24. The van der Waals surface area contributed by atoms with Crippen LogP contribution in [0.2, 0.25) is 0 Å². The Morgan fingerprint density at radius 2 is 1.59 bits per heavy atom. The molecule has 0 aromatic heterocycles. The minimum absolute atomic E-state index is 0.0586. The second-order valence-electron chi connectivity index (χ2n) is 8.01. The maximum atomic E-state index is 12.6. The van der Waals surface area contributed by atoms with E-state index in [9.17, 15) is 9.90 Å². The molecule has 0 saturated heterocycles. The molecule has 2 rings (SSSR count). The van der Waals surface area contributed by atoms with Gasteiger partial charge in [-0.3, -0.25) is 4.79 Å². The van der Waals surface area contributed by atoms with Gasteiger partial charge in [0.25, 0.3) is 5.91 Å². The third-order valence-corrected chi connectivity index (χ3v) is 5.66. The van der Waals surface area contributed by atoms with Crippen molar-refractivity contribution in [2.45, 2.75) is 78.1 Å². The highest BCUT2D eigenvalue weighted by Gasteiger charge is 2.17. The summed E-state index contributed by atoms with van der Waals surface area (Å²) in [6.07, 6.45) is 12.7. The van der Waals surface area contributed by atoms with Gasteiger partial charge in [-0.2, -0.15) is 0 Å². The lowest BCUT2D eigenvalue weighted by atomic mass is 9.98. The molecule has 0 aliphatic heterocycles. The molecule has 3 N–H and O–H groups in total. The molecule has 0 spiro atoms. The molecule has 0 heterocycles. The number of carbonyl (C=O) groups is 1. The molecular weight excluding hydrogens is 360 g/mol. The molecular formula is C25H38N2O2. The fourth-order valence-corrected chi connectivity index (χ4v) is 3.97. The van der Waals surface area contributed by atoms with Crippen molar-refractivity contribution in [2.24, 2.45) is 0 Å². The van der Waals surface area contributed by atoms with Gasteiger partial charge in [-0.1, -0.05) is 76.8 Å². The Labute approximate surface area is 176 Å². The minimum atomic E-state index is -0.196. The monoisotopic (exact) mass is 398 g/mol. The number of phenols is 1. The van der Waals surface area contributed by atoms with Crippen molar-refractivity contribution >= 4 is 22.4 Å². The smallest absolute Gasteiger partial charge is 0.255 e. The summed E-state index contributed by atoms with van der Waals surface area (Å²) in [5, 5.41) is 18.4. The number of amides is 1. The van der Waals surface area contributed by atoms with Crippen LogP contribution in [0.4, 0.5) is 5.69 Å². The van der Waals surface area contributed by atoms with E-state index in [4.69, 9.17) is 0 Å². The van der Waals surface area contributed by atoms with E-state index in [1.165, 1.54) is 51.4 Å². The summed E-state index contributed by atoms with van der Waals surface area (Å²) in [7, 11) is 1.86. The highest BCUT2D eigenvalue weighted by molar-refractivity contribution is 6.08. The molecule has 2 aromatic rings. The number of fused-ring (bicyclic) bond motifs is 1. The van der Waals surface area contributed by atoms with Gasteiger partial charge in [-0.25, -0.2) is 0 Å². The van der Waals surface area contributed by atoms with Gasteiger partial charge >= 0.3 is 0 Å². The van der Waals surface area contributed by atoms with Crippen LogP contribution in [0.3, 0.4) is 0 Å². The number of benzene rings is 2. The van der Waals surface area contributed by atoms with E-state index in [0.717, 1.165) is 29.5 Å². The van der Waals surface area contributed by atoms with Crippen LogP contribution in [0.5, 0.6) is 5.75 Å². The third kappa shape index (κ3) is 6.66. The van der Waals surface area contributed by atoms with Crippen molar-refractivity contribution < 1.29 is 9.90 Å². The number of nitrogens with one attached hydrogen (secondary N) is 2. The van der Waals surface area contributed by atoms with Crippen LogP contribution in [-0.2, 0) is 0 Å². The normalized spacial score (nSPS) is 11.0. The Balaban J connectivity index is 1.77. The number of aromatic hydroxyl groups is 1. The van der Waals surface area contributed by atoms with Crippen LogP contribution in [-0.4, -0.2) is 24.6 Å². The average Bonchev–Trinajstić information content (AvgIpc) is 2.73. The van der Waals surface area contributed by atoms with Crippen LogP contribution in [0, 0.1) is 6.92 Å². The maximum absolute atomic E-state index is 12.6. The number of carbonyl (C=O) groups excluding carboxylic acids is 1. The van der Waals surface area contributed by atoms with Crippen LogP contribution < -0.4 is 10.6 Å². The Morgan fingerprint density at radius 3 is 2.21 bits per heavy atom. The number of hydrogen-bond donors (Lipinski definition) is 3. The molecule has 160 valence electrons. The fourth-order valence-electron chi connectivity index (χ4n) is 3.97. The van der Waals surface area contributed by atoms with Crippen molar-refractivity contribution in [3.8, 4) is 5.75 Å². The molecule has 4 nitrogen and oxygen atoms in total. The van der Waals surface area contributed by atoms with E-state index in [1.807, 2.05) is 32.2 Å². The molecule has 0 unspecified atom stereocenters. The number of rotatable bonds is 13. The van der Waals surface area contributed by atoms with E-state index in [0.29, 0.717) is 17.5 Å². The molecule has 0 atom stereocenters.